The van der Waals surface area contributed by atoms with Gasteiger partial charge in [-0.25, -0.2) is 8.42 Å². The van der Waals surface area contributed by atoms with Crippen molar-refractivity contribution in [2.24, 2.45) is 0 Å². The van der Waals surface area contributed by atoms with E-state index in [1.54, 1.807) is 22.8 Å². The number of benzene rings is 1. The molecule has 0 spiro atoms. The van der Waals surface area contributed by atoms with Gasteiger partial charge in [0.1, 0.15) is 0 Å². The molecule has 1 N–H and O–H groups in total. The quantitative estimate of drug-likeness (QED) is 0.935. The number of nitrogens with zero attached hydrogens (tertiary/aromatic N) is 2. The Morgan fingerprint density at radius 3 is 2.83 bits per heavy atom. The number of aryl methyl sites for hydroxylation is 2. The molecule has 0 aliphatic carbocycles. The lowest BCUT2D eigenvalue weighted by Crippen LogP contribution is -2.48. The van der Waals surface area contributed by atoms with E-state index >= 15 is 0 Å². The minimum atomic E-state index is -3.55. The average Bonchev–Trinajstić information content (AvgIpc) is 2.58. The van der Waals surface area contributed by atoms with Crippen LogP contribution >= 0.6 is 0 Å². The van der Waals surface area contributed by atoms with Gasteiger partial charge in [-0.05, 0) is 42.7 Å². The summed E-state index contributed by atoms with van der Waals surface area (Å²) in [6, 6.07) is 9.09. The normalized spacial score (nSPS) is 19.7. The van der Waals surface area contributed by atoms with Gasteiger partial charge >= 0.3 is 0 Å². The molecule has 2 aromatic rings. The van der Waals surface area contributed by atoms with Gasteiger partial charge in [-0.15, -0.1) is 0 Å². The van der Waals surface area contributed by atoms with Crippen molar-refractivity contribution in [3.63, 3.8) is 0 Å². The van der Waals surface area contributed by atoms with Gasteiger partial charge in [0.2, 0.25) is 10.0 Å². The van der Waals surface area contributed by atoms with Crippen molar-refractivity contribution in [3.05, 3.63) is 59.4 Å². The van der Waals surface area contributed by atoms with E-state index in [1.165, 1.54) is 0 Å². The molecule has 3 rings (SSSR count). The Morgan fingerprint density at radius 2 is 2.09 bits per heavy atom. The number of hydrogen-bond donors (Lipinski definition) is 1. The minimum Gasteiger partial charge on any atom is -0.313 e. The molecule has 1 aromatic heterocycles. The van der Waals surface area contributed by atoms with Crippen LogP contribution in [-0.4, -0.2) is 37.3 Å². The summed E-state index contributed by atoms with van der Waals surface area (Å²) in [4.78, 5) is 4.53. The summed E-state index contributed by atoms with van der Waals surface area (Å²) in [5, 5.41) is 3.28. The molecule has 1 unspecified atom stereocenters. The maximum Gasteiger partial charge on any atom is 0.243 e. The van der Waals surface area contributed by atoms with Gasteiger partial charge < -0.3 is 5.32 Å². The molecule has 0 radical (unpaired) electrons. The summed E-state index contributed by atoms with van der Waals surface area (Å²) in [7, 11) is -3.55. The Hall–Kier alpha value is -1.76. The standard InChI is InChI=1S/C17H21N3O2S/c1-13-5-6-14(2)17(10-13)23(21,22)20-9-8-19-12-16(20)15-4-3-7-18-11-15/h3-7,10-11,16,19H,8-9,12H2,1-2H3. The first kappa shape index (κ1) is 16.1. The number of sulfonamides is 1. The fraction of sp³-hybridized carbons (Fsp3) is 0.353. The number of pyridine rings is 1. The van der Waals surface area contributed by atoms with Crippen LogP contribution in [0.2, 0.25) is 0 Å². The van der Waals surface area contributed by atoms with E-state index in [9.17, 15) is 8.42 Å². The topological polar surface area (TPSA) is 62.3 Å². The molecule has 2 heterocycles. The van der Waals surface area contributed by atoms with Crippen LogP contribution in [0.25, 0.3) is 0 Å². The van der Waals surface area contributed by atoms with Crippen molar-refractivity contribution in [3.8, 4) is 0 Å². The molecule has 6 heteroatoms. The summed E-state index contributed by atoms with van der Waals surface area (Å²) in [5.41, 5.74) is 2.63. The first-order valence-electron chi connectivity index (χ1n) is 7.70. The molecule has 23 heavy (non-hydrogen) atoms. The van der Waals surface area contributed by atoms with Gasteiger partial charge in [-0.2, -0.15) is 4.31 Å². The van der Waals surface area contributed by atoms with Crippen molar-refractivity contribution in [2.75, 3.05) is 19.6 Å². The van der Waals surface area contributed by atoms with E-state index in [1.807, 2.05) is 38.1 Å². The maximum absolute atomic E-state index is 13.2. The highest BCUT2D eigenvalue weighted by atomic mass is 32.2. The smallest absolute Gasteiger partial charge is 0.243 e. The van der Waals surface area contributed by atoms with E-state index in [0.29, 0.717) is 24.5 Å². The number of aromatic nitrogens is 1. The zero-order valence-corrected chi connectivity index (χ0v) is 14.2. The molecular formula is C17H21N3O2S. The molecule has 1 fully saturated rings. The molecule has 0 bridgehead atoms. The third-order valence-electron chi connectivity index (χ3n) is 4.19. The van der Waals surface area contributed by atoms with Gasteiger partial charge in [-0.1, -0.05) is 18.2 Å². The number of hydrogen-bond acceptors (Lipinski definition) is 4. The van der Waals surface area contributed by atoms with Crippen LogP contribution in [0, 0.1) is 13.8 Å². The van der Waals surface area contributed by atoms with Gasteiger partial charge in [0, 0.05) is 32.0 Å². The molecule has 122 valence electrons. The Kier molecular flexibility index (Phi) is 4.48. The highest BCUT2D eigenvalue weighted by Gasteiger charge is 2.35. The van der Waals surface area contributed by atoms with Gasteiger partial charge in [0.15, 0.2) is 0 Å². The van der Waals surface area contributed by atoms with E-state index in [2.05, 4.69) is 10.3 Å². The van der Waals surface area contributed by atoms with E-state index < -0.39 is 10.0 Å². The van der Waals surface area contributed by atoms with Crippen molar-refractivity contribution in [2.45, 2.75) is 24.8 Å². The molecule has 1 atom stereocenters. The van der Waals surface area contributed by atoms with Crippen LogP contribution in [0.15, 0.2) is 47.6 Å². The predicted octanol–water partition coefficient (Wildman–Crippen LogP) is 2.03. The minimum absolute atomic E-state index is 0.234. The summed E-state index contributed by atoms with van der Waals surface area (Å²) < 4.78 is 28.0. The highest BCUT2D eigenvalue weighted by molar-refractivity contribution is 7.89. The average molecular weight is 331 g/mol. The van der Waals surface area contributed by atoms with Gasteiger partial charge in [0.25, 0.3) is 0 Å². The molecular weight excluding hydrogens is 310 g/mol. The number of piperazine rings is 1. The lowest BCUT2D eigenvalue weighted by Gasteiger charge is -2.35. The van der Waals surface area contributed by atoms with Crippen molar-refractivity contribution in [1.82, 2.24) is 14.6 Å². The van der Waals surface area contributed by atoms with E-state index in [4.69, 9.17) is 0 Å². The van der Waals surface area contributed by atoms with Gasteiger partial charge in [0.05, 0.1) is 10.9 Å². The van der Waals surface area contributed by atoms with Crippen LogP contribution in [0.1, 0.15) is 22.7 Å². The fourth-order valence-electron chi connectivity index (χ4n) is 2.94. The van der Waals surface area contributed by atoms with Crippen LogP contribution in [-0.2, 0) is 10.0 Å². The lowest BCUT2D eigenvalue weighted by atomic mass is 10.1. The van der Waals surface area contributed by atoms with E-state index in [0.717, 1.165) is 16.7 Å². The maximum atomic E-state index is 13.2. The second kappa shape index (κ2) is 6.39. The summed E-state index contributed by atoms with van der Waals surface area (Å²) in [5.74, 6) is 0. The predicted molar refractivity (Wildman–Crippen MR) is 89.7 cm³/mol. The largest absolute Gasteiger partial charge is 0.313 e. The second-order valence-electron chi connectivity index (χ2n) is 5.89. The first-order valence-corrected chi connectivity index (χ1v) is 9.14. The number of nitrogens with one attached hydrogen (secondary N) is 1. The Labute approximate surface area is 137 Å². The van der Waals surface area contributed by atoms with Crippen LogP contribution < -0.4 is 5.32 Å². The van der Waals surface area contributed by atoms with Crippen molar-refractivity contribution < 1.29 is 8.42 Å². The summed E-state index contributed by atoms with van der Waals surface area (Å²) >= 11 is 0. The van der Waals surface area contributed by atoms with Crippen LogP contribution in [0.5, 0.6) is 0 Å². The SMILES string of the molecule is Cc1ccc(C)c(S(=O)(=O)N2CCNCC2c2cccnc2)c1. The molecule has 1 saturated heterocycles. The molecule has 1 aromatic carbocycles. The number of rotatable bonds is 3. The molecule has 0 amide bonds. The highest BCUT2D eigenvalue weighted by Crippen LogP contribution is 2.30. The third-order valence-corrected chi connectivity index (χ3v) is 6.24. The molecule has 1 aliphatic rings. The molecule has 1 aliphatic heterocycles. The fourth-order valence-corrected chi connectivity index (χ4v) is 4.87. The Balaban J connectivity index is 2.04. The zero-order valence-electron chi connectivity index (χ0n) is 13.4. The van der Waals surface area contributed by atoms with Crippen molar-refractivity contribution in [1.29, 1.82) is 0 Å². The molecule has 0 saturated carbocycles. The van der Waals surface area contributed by atoms with Crippen molar-refractivity contribution >= 4 is 10.0 Å². The molecule has 5 nitrogen and oxygen atoms in total. The van der Waals surface area contributed by atoms with E-state index in [-0.39, 0.29) is 6.04 Å². The van der Waals surface area contributed by atoms with Gasteiger partial charge in [-0.3, -0.25) is 4.98 Å². The van der Waals surface area contributed by atoms with Crippen LogP contribution in [0.4, 0.5) is 0 Å². The Bertz CT molecular complexity index is 791. The summed E-state index contributed by atoms with van der Waals surface area (Å²) in [6.07, 6.45) is 3.44. The lowest BCUT2D eigenvalue weighted by molar-refractivity contribution is 0.271. The summed E-state index contributed by atoms with van der Waals surface area (Å²) in [6.45, 7) is 5.45. The third kappa shape index (κ3) is 3.15. The first-order chi connectivity index (χ1) is 11.0. The second-order valence-corrected chi connectivity index (χ2v) is 7.75. The monoisotopic (exact) mass is 331 g/mol. The Morgan fingerprint density at radius 1 is 1.26 bits per heavy atom. The zero-order chi connectivity index (χ0) is 16.4. The van der Waals surface area contributed by atoms with Crippen LogP contribution in [0.3, 0.4) is 0 Å².